The Hall–Kier alpha value is -1.09. The van der Waals surface area contributed by atoms with Gasteiger partial charge in [-0.05, 0) is 12.1 Å². The van der Waals surface area contributed by atoms with Crippen LogP contribution in [-0.2, 0) is 10.0 Å². The van der Waals surface area contributed by atoms with Crippen LogP contribution in [-0.4, -0.2) is 37.9 Å². The lowest BCUT2D eigenvalue weighted by Crippen LogP contribution is -2.40. The zero-order chi connectivity index (χ0) is 13.1. The Morgan fingerprint density at radius 3 is 2.29 bits per heavy atom. The fourth-order valence-electron chi connectivity index (χ4n) is 1.11. The van der Waals surface area contributed by atoms with Gasteiger partial charge in [0.2, 0.25) is 10.0 Å². The molecule has 0 fully saturated rings. The summed E-state index contributed by atoms with van der Waals surface area (Å²) in [6.07, 6.45) is 0. The maximum absolute atomic E-state index is 13.2. The molecule has 0 radical (unpaired) electrons. The normalized spacial score (nSPS) is 12.1. The molecule has 0 atom stereocenters. The van der Waals surface area contributed by atoms with Gasteiger partial charge in [-0.3, -0.25) is 0 Å². The number of hydrogen-bond acceptors (Lipinski definition) is 4. The Kier molecular flexibility index (Phi) is 4.52. The summed E-state index contributed by atoms with van der Waals surface area (Å²) < 4.78 is 50.9. The van der Waals surface area contributed by atoms with E-state index in [1.165, 1.54) is 0 Å². The number of halogens is 2. The highest BCUT2D eigenvalue weighted by Gasteiger charge is 2.22. The van der Waals surface area contributed by atoms with Gasteiger partial charge in [-0.2, -0.15) is 0 Å². The number of nitrogens with one attached hydrogen (secondary N) is 1. The lowest BCUT2D eigenvalue weighted by molar-refractivity contribution is 0.185. The highest BCUT2D eigenvalue weighted by atomic mass is 32.2. The monoisotopic (exact) mass is 267 g/mol. The Morgan fingerprint density at radius 2 is 1.82 bits per heavy atom. The zero-order valence-electron chi connectivity index (χ0n) is 8.60. The van der Waals surface area contributed by atoms with Gasteiger partial charge in [-0.15, -0.1) is 0 Å². The van der Waals surface area contributed by atoms with E-state index in [4.69, 9.17) is 10.2 Å². The highest BCUT2D eigenvalue weighted by molar-refractivity contribution is 7.89. The average molecular weight is 267 g/mol. The first kappa shape index (κ1) is 14.0. The van der Waals surface area contributed by atoms with E-state index in [9.17, 15) is 17.2 Å². The Morgan fingerprint density at radius 1 is 1.24 bits per heavy atom. The molecule has 8 heteroatoms. The quantitative estimate of drug-likeness (QED) is 0.677. The van der Waals surface area contributed by atoms with Crippen LogP contribution >= 0.6 is 0 Å². The van der Waals surface area contributed by atoms with Crippen LogP contribution in [0.15, 0.2) is 23.1 Å². The van der Waals surface area contributed by atoms with Crippen molar-refractivity contribution in [3.8, 4) is 0 Å². The summed E-state index contributed by atoms with van der Waals surface area (Å²) in [6.45, 7) is -1.28. The van der Waals surface area contributed by atoms with E-state index >= 15 is 0 Å². The van der Waals surface area contributed by atoms with Crippen molar-refractivity contribution in [2.75, 3.05) is 13.2 Å². The second-order valence-corrected chi connectivity index (χ2v) is 4.94. The molecule has 1 rings (SSSR count). The Balaban J connectivity index is 3.05. The van der Waals surface area contributed by atoms with Gasteiger partial charge in [0, 0.05) is 6.07 Å². The van der Waals surface area contributed by atoms with Gasteiger partial charge in [-0.1, -0.05) is 0 Å². The summed E-state index contributed by atoms with van der Waals surface area (Å²) in [7, 11) is -4.24. The topological polar surface area (TPSA) is 86.6 Å². The molecule has 0 spiro atoms. The lowest BCUT2D eigenvalue weighted by atomic mass is 10.3. The molecular weight excluding hydrogens is 256 g/mol. The molecule has 0 aliphatic carbocycles. The third-order valence-electron chi connectivity index (χ3n) is 1.95. The molecule has 0 saturated carbocycles. The average Bonchev–Trinajstić information content (AvgIpc) is 2.25. The number of aliphatic hydroxyl groups excluding tert-OH is 2. The van der Waals surface area contributed by atoms with Crippen LogP contribution in [0.4, 0.5) is 8.78 Å². The van der Waals surface area contributed by atoms with Gasteiger partial charge in [0.1, 0.15) is 16.5 Å². The van der Waals surface area contributed by atoms with Crippen molar-refractivity contribution in [2.45, 2.75) is 10.9 Å². The number of hydrogen-bond donors (Lipinski definition) is 3. The number of sulfonamides is 1. The van der Waals surface area contributed by atoms with Crippen LogP contribution in [0.25, 0.3) is 0 Å². The predicted octanol–water partition coefficient (Wildman–Crippen LogP) is -0.404. The minimum Gasteiger partial charge on any atom is -0.395 e. The Labute approximate surface area is 96.8 Å². The van der Waals surface area contributed by atoms with Crippen molar-refractivity contribution in [1.82, 2.24) is 4.72 Å². The SMILES string of the molecule is O=S(=O)(NC(CO)CO)c1ccc(F)cc1F. The van der Waals surface area contributed by atoms with E-state index in [1.807, 2.05) is 4.72 Å². The van der Waals surface area contributed by atoms with E-state index in [0.717, 1.165) is 12.1 Å². The van der Waals surface area contributed by atoms with Crippen LogP contribution in [0.3, 0.4) is 0 Å². The standard InChI is InChI=1S/C9H11F2NO4S/c10-6-1-2-9(8(11)3-6)17(15,16)12-7(4-13)5-14/h1-3,7,12-14H,4-5H2. The third kappa shape index (κ3) is 3.43. The summed E-state index contributed by atoms with van der Waals surface area (Å²) >= 11 is 0. The largest absolute Gasteiger partial charge is 0.395 e. The molecule has 96 valence electrons. The molecule has 0 aliphatic rings. The first-order chi connectivity index (χ1) is 7.90. The maximum Gasteiger partial charge on any atom is 0.243 e. The van der Waals surface area contributed by atoms with Crippen LogP contribution in [0.5, 0.6) is 0 Å². The van der Waals surface area contributed by atoms with E-state index in [1.54, 1.807) is 0 Å². The van der Waals surface area contributed by atoms with Crippen molar-refractivity contribution in [1.29, 1.82) is 0 Å². The molecule has 5 nitrogen and oxygen atoms in total. The molecule has 1 aromatic carbocycles. The van der Waals surface area contributed by atoms with Gasteiger partial charge in [0.15, 0.2) is 0 Å². The number of aliphatic hydroxyl groups is 2. The predicted molar refractivity (Wildman–Crippen MR) is 54.6 cm³/mol. The first-order valence-electron chi connectivity index (χ1n) is 4.60. The van der Waals surface area contributed by atoms with Crippen molar-refractivity contribution in [3.05, 3.63) is 29.8 Å². The van der Waals surface area contributed by atoms with Gasteiger partial charge in [-0.25, -0.2) is 21.9 Å². The van der Waals surface area contributed by atoms with Crippen LogP contribution < -0.4 is 4.72 Å². The smallest absolute Gasteiger partial charge is 0.243 e. The fourth-order valence-corrected chi connectivity index (χ4v) is 2.39. The van der Waals surface area contributed by atoms with E-state index < -0.39 is 45.8 Å². The summed E-state index contributed by atoms with van der Waals surface area (Å²) in [5.74, 6) is -2.14. The zero-order valence-corrected chi connectivity index (χ0v) is 9.42. The number of benzene rings is 1. The molecule has 1 aromatic rings. The lowest BCUT2D eigenvalue weighted by Gasteiger charge is -2.14. The van der Waals surface area contributed by atoms with Crippen molar-refractivity contribution >= 4 is 10.0 Å². The minimum atomic E-state index is -4.24. The minimum absolute atomic E-state index is 0.432. The molecule has 3 N–H and O–H groups in total. The molecule has 0 heterocycles. The summed E-state index contributed by atoms with van der Waals surface area (Å²) in [4.78, 5) is -0.745. The van der Waals surface area contributed by atoms with E-state index in [0.29, 0.717) is 6.07 Å². The van der Waals surface area contributed by atoms with Crippen molar-refractivity contribution in [2.24, 2.45) is 0 Å². The molecule has 0 bridgehead atoms. The summed E-state index contributed by atoms with van der Waals surface area (Å²) in [6, 6.07) is 0.856. The molecule has 17 heavy (non-hydrogen) atoms. The van der Waals surface area contributed by atoms with Crippen LogP contribution in [0.1, 0.15) is 0 Å². The first-order valence-corrected chi connectivity index (χ1v) is 6.08. The third-order valence-corrected chi connectivity index (χ3v) is 3.50. The molecule has 0 saturated heterocycles. The highest BCUT2D eigenvalue weighted by Crippen LogP contribution is 2.15. The second-order valence-electron chi connectivity index (χ2n) is 3.26. The maximum atomic E-state index is 13.2. The Bertz CT molecular complexity index is 488. The van der Waals surface area contributed by atoms with E-state index in [-0.39, 0.29) is 0 Å². The van der Waals surface area contributed by atoms with Gasteiger partial charge < -0.3 is 10.2 Å². The van der Waals surface area contributed by atoms with Gasteiger partial charge in [0.05, 0.1) is 19.3 Å². The van der Waals surface area contributed by atoms with Crippen LogP contribution in [0.2, 0.25) is 0 Å². The van der Waals surface area contributed by atoms with Crippen LogP contribution in [0, 0.1) is 11.6 Å². The summed E-state index contributed by atoms with van der Waals surface area (Å²) in [5.41, 5.74) is 0. The second kappa shape index (κ2) is 5.50. The molecular formula is C9H11F2NO4S. The summed E-state index contributed by atoms with van der Waals surface area (Å²) in [5, 5.41) is 17.4. The van der Waals surface area contributed by atoms with Crippen molar-refractivity contribution < 1.29 is 27.4 Å². The molecule has 0 aliphatic heterocycles. The number of rotatable bonds is 5. The molecule has 0 amide bonds. The van der Waals surface area contributed by atoms with E-state index in [2.05, 4.69) is 0 Å². The fraction of sp³-hybridized carbons (Fsp3) is 0.333. The molecule has 0 unspecified atom stereocenters. The van der Waals surface area contributed by atoms with Crippen molar-refractivity contribution in [3.63, 3.8) is 0 Å². The molecule has 0 aromatic heterocycles. The van der Waals surface area contributed by atoms with Gasteiger partial charge >= 0.3 is 0 Å². The van der Waals surface area contributed by atoms with Gasteiger partial charge in [0.25, 0.3) is 0 Å².